The van der Waals surface area contributed by atoms with Crippen molar-refractivity contribution >= 4 is 5.91 Å². The van der Waals surface area contributed by atoms with Gasteiger partial charge in [-0.15, -0.1) is 0 Å². The van der Waals surface area contributed by atoms with Crippen molar-refractivity contribution in [3.05, 3.63) is 46.8 Å². The Hall–Kier alpha value is -2.30. The molecule has 0 spiro atoms. The summed E-state index contributed by atoms with van der Waals surface area (Å²) in [4.78, 5) is 14.1. The molecule has 24 heavy (non-hydrogen) atoms. The van der Waals surface area contributed by atoms with Crippen LogP contribution in [0.5, 0.6) is 5.75 Å². The lowest BCUT2D eigenvalue weighted by atomic mass is 10.1. The zero-order valence-corrected chi connectivity index (χ0v) is 15.1. The number of carbonyl (C=O) groups excluding carboxylic acids is 1. The fourth-order valence-corrected chi connectivity index (χ4v) is 2.83. The minimum Gasteiger partial charge on any atom is -0.497 e. The van der Waals surface area contributed by atoms with Gasteiger partial charge in [0.25, 0.3) is 0 Å². The van der Waals surface area contributed by atoms with E-state index in [0.717, 1.165) is 48.5 Å². The van der Waals surface area contributed by atoms with E-state index >= 15 is 0 Å². The highest BCUT2D eigenvalue weighted by atomic mass is 16.5. The summed E-state index contributed by atoms with van der Waals surface area (Å²) in [6.07, 6.45) is 3.15. The Morgan fingerprint density at radius 1 is 1.29 bits per heavy atom. The van der Waals surface area contributed by atoms with E-state index in [-0.39, 0.29) is 5.91 Å². The molecule has 0 atom stereocenters. The molecule has 0 aliphatic rings. The Morgan fingerprint density at radius 2 is 2.08 bits per heavy atom. The molecule has 2 rings (SSSR count). The highest BCUT2D eigenvalue weighted by Crippen LogP contribution is 2.15. The number of methoxy groups -OCH3 is 1. The molecule has 2 aromatic rings. The molecule has 0 radical (unpaired) electrons. The smallest absolute Gasteiger partial charge is 0.222 e. The lowest BCUT2D eigenvalue weighted by Crippen LogP contribution is -2.28. The molecule has 1 N–H and O–H groups in total. The Balaban J connectivity index is 1.75. The summed E-state index contributed by atoms with van der Waals surface area (Å²) in [5, 5.41) is 7.22. The average molecular weight is 329 g/mol. The molecule has 1 amide bonds. The van der Waals surface area contributed by atoms with Gasteiger partial charge in [0.1, 0.15) is 5.75 Å². The van der Waals surface area contributed by atoms with Crippen LogP contribution in [-0.4, -0.2) is 41.7 Å². The van der Waals surface area contributed by atoms with E-state index in [1.54, 1.807) is 7.11 Å². The normalized spacial score (nSPS) is 10.7. The van der Waals surface area contributed by atoms with Gasteiger partial charge in [-0.05, 0) is 56.4 Å². The number of aryl methyl sites for hydroxylation is 3. The third kappa shape index (κ3) is 4.85. The second-order valence-corrected chi connectivity index (χ2v) is 6.18. The first-order chi connectivity index (χ1) is 11.5. The molecule has 0 bridgehead atoms. The van der Waals surface area contributed by atoms with Gasteiger partial charge in [-0.1, -0.05) is 12.1 Å². The number of amides is 1. The number of rotatable bonds is 8. The molecular formula is C19H27N3O2. The van der Waals surface area contributed by atoms with E-state index in [1.807, 2.05) is 50.1 Å². The van der Waals surface area contributed by atoms with Crippen molar-refractivity contribution in [3.63, 3.8) is 0 Å². The van der Waals surface area contributed by atoms with Gasteiger partial charge in [-0.3, -0.25) is 9.89 Å². The second kappa shape index (κ2) is 8.52. The number of aromatic amines is 1. The molecule has 0 unspecified atom stereocenters. The maximum Gasteiger partial charge on any atom is 0.222 e. The van der Waals surface area contributed by atoms with Crippen molar-refractivity contribution in [1.29, 1.82) is 0 Å². The van der Waals surface area contributed by atoms with Crippen LogP contribution in [0, 0.1) is 13.8 Å². The van der Waals surface area contributed by atoms with Gasteiger partial charge in [-0.2, -0.15) is 5.10 Å². The monoisotopic (exact) mass is 329 g/mol. The third-order valence-corrected chi connectivity index (χ3v) is 4.39. The van der Waals surface area contributed by atoms with Crippen molar-refractivity contribution in [3.8, 4) is 5.75 Å². The van der Waals surface area contributed by atoms with Crippen LogP contribution >= 0.6 is 0 Å². The molecule has 5 heteroatoms. The highest BCUT2D eigenvalue weighted by Gasteiger charge is 2.11. The van der Waals surface area contributed by atoms with E-state index in [9.17, 15) is 4.79 Å². The summed E-state index contributed by atoms with van der Waals surface area (Å²) >= 11 is 0. The van der Waals surface area contributed by atoms with E-state index in [0.29, 0.717) is 6.42 Å². The van der Waals surface area contributed by atoms with Gasteiger partial charge in [0, 0.05) is 25.7 Å². The van der Waals surface area contributed by atoms with Crippen molar-refractivity contribution < 1.29 is 9.53 Å². The van der Waals surface area contributed by atoms with Gasteiger partial charge in [-0.25, -0.2) is 0 Å². The zero-order chi connectivity index (χ0) is 17.5. The van der Waals surface area contributed by atoms with Crippen LogP contribution < -0.4 is 4.74 Å². The van der Waals surface area contributed by atoms with Gasteiger partial charge in [0.15, 0.2) is 0 Å². The lowest BCUT2D eigenvalue weighted by Gasteiger charge is -2.17. The van der Waals surface area contributed by atoms with Crippen LogP contribution in [0.2, 0.25) is 0 Å². The van der Waals surface area contributed by atoms with Crippen LogP contribution in [0.25, 0.3) is 0 Å². The second-order valence-electron chi connectivity index (χ2n) is 6.18. The number of aromatic nitrogens is 2. The number of benzene rings is 1. The summed E-state index contributed by atoms with van der Waals surface area (Å²) in [5.41, 5.74) is 4.58. The summed E-state index contributed by atoms with van der Waals surface area (Å²) in [6, 6.07) is 7.88. The maximum absolute atomic E-state index is 12.3. The van der Waals surface area contributed by atoms with Gasteiger partial charge in [0.2, 0.25) is 5.91 Å². The summed E-state index contributed by atoms with van der Waals surface area (Å²) < 4.78 is 5.21. The lowest BCUT2D eigenvalue weighted by molar-refractivity contribution is -0.129. The van der Waals surface area contributed by atoms with Crippen LogP contribution in [0.4, 0.5) is 0 Å². The van der Waals surface area contributed by atoms with Crippen molar-refractivity contribution in [2.45, 2.75) is 39.5 Å². The molecule has 0 fully saturated rings. The Bertz CT molecular complexity index is 660. The Labute approximate surface area is 144 Å². The van der Waals surface area contributed by atoms with Crippen LogP contribution in [-0.2, 0) is 17.6 Å². The van der Waals surface area contributed by atoms with Crippen LogP contribution in [0.15, 0.2) is 24.3 Å². The van der Waals surface area contributed by atoms with Crippen molar-refractivity contribution in [2.75, 3.05) is 20.7 Å². The largest absolute Gasteiger partial charge is 0.497 e. The Kier molecular flexibility index (Phi) is 6.41. The number of carbonyl (C=O) groups is 1. The molecule has 1 aromatic carbocycles. The van der Waals surface area contributed by atoms with Gasteiger partial charge < -0.3 is 9.64 Å². The van der Waals surface area contributed by atoms with E-state index < -0.39 is 0 Å². The van der Waals surface area contributed by atoms with Crippen molar-refractivity contribution in [1.82, 2.24) is 15.1 Å². The number of hydrogen-bond acceptors (Lipinski definition) is 3. The number of ether oxygens (including phenoxy) is 1. The SMILES string of the molecule is COc1cccc(CCC(=O)N(C)CCCc2c(C)n[nH]c2C)c1. The average Bonchev–Trinajstić information content (AvgIpc) is 2.91. The number of H-pyrrole nitrogens is 1. The molecule has 0 saturated carbocycles. The summed E-state index contributed by atoms with van der Waals surface area (Å²) in [6.45, 7) is 4.82. The standard InChI is InChI=1S/C19H27N3O2/c1-14-18(15(2)21-20-14)9-6-12-22(3)19(23)11-10-16-7-5-8-17(13-16)24-4/h5,7-8,13H,6,9-12H2,1-4H3,(H,20,21). The molecule has 0 aliphatic heterocycles. The fraction of sp³-hybridized carbons (Fsp3) is 0.474. The molecular weight excluding hydrogens is 302 g/mol. The van der Waals surface area contributed by atoms with Gasteiger partial charge in [0.05, 0.1) is 12.8 Å². The number of hydrogen-bond donors (Lipinski definition) is 1. The fourth-order valence-electron chi connectivity index (χ4n) is 2.83. The van der Waals surface area contributed by atoms with E-state index in [2.05, 4.69) is 10.2 Å². The highest BCUT2D eigenvalue weighted by molar-refractivity contribution is 5.76. The molecule has 130 valence electrons. The summed E-state index contributed by atoms with van der Waals surface area (Å²) in [5.74, 6) is 1.01. The van der Waals surface area contributed by atoms with Crippen LogP contribution in [0.1, 0.15) is 35.4 Å². The molecule has 0 saturated heterocycles. The molecule has 1 heterocycles. The van der Waals surface area contributed by atoms with Crippen LogP contribution in [0.3, 0.4) is 0 Å². The summed E-state index contributed by atoms with van der Waals surface area (Å²) in [7, 11) is 3.53. The third-order valence-electron chi connectivity index (χ3n) is 4.39. The van der Waals surface area contributed by atoms with E-state index in [1.165, 1.54) is 5.56 Å². The molecule has 5 nitrogen and oxygen atoms in total. The number of nitrogens with zero attached hydrogens (tertiary/aromatic N) is 2. The first kappa shape index (κ1) is 18.0. The minimum absolute atomic E-state index is 0.179. The Morgan fingerprint density at radius 3 is 2.75 bits per heavy atom. The number of nitrogens with one attached hydrogen (secondary N) is 1. The first-order valence-corrected chi connectivity index (χ1v) is 8.38. The zero-order valence-electron chi connectivity index (χ0n) is 15.1. The van der Waals surface area contributed by atoms with Gasteiger partial charge >= 0.3 is 0 Å². The predicted molar refractivity (Wildman–Crippen MR) is 95.3 cm³/mol. The molecule has 1 aromatic heterocycles. The van der Waals surface area contributed by atoms with E-state index in [4.69, 9.17) is 4.74 Å². The maximum atomic E-state index is 12.3. The topological polar surface area (TPSA) is 58.2 Å². The minimum atomic E-state index is 0.179. The predicted octanol–water partition coefficient (Wildman–Crippen LogP) is 3.06. The molecule has 0 aliphatic carbocycles. The van der Waals surface area contributed by atoms with Crippen molar-refractivity contribution in [2.24, 2.45) is 0 Å². The first-order valence-electron chi connectivity index (χ1n) is 8.38. The quantitative estimate of drug-likeness (QED) is 0.810.